The molecule has 0 fully saturated rings. The van der Waals surface area contributed by atoms with Crippen LogP contribution in [0.3, 0.4) is 0 Å². The lowest BCUT2D eigenvalue weighted by Gasteiger charge is -2.07. The van der Waals surface area contributed by atoms with Crippen molar-refractivity contribution in [1.29, 1.82) is 0 Å². The number of nitrogens with one attached hydrogen (secondary N) is 1. The van der Waals surface area contributed by atoms with E-state index in [-0.39, 0.29) is 10.6 Å². The third kappa shape index (κ3) is 3.95. The van der Waals surface area contributed by atoms with Crippen LogP contribution < -0.4 is 5.43 Å². The summed E-state index contributed by atoms with van der Waals surface area (Å²) in [5, 5.41) is 3.93. The zero-order valence-electron chi connectivity index (χ0n) is 10.5. The molecule has 2 aromatic rings. The number of benzene rings is 2. The predicted octanol–water partition coefficient (Wildman–Crippen LogP) is 4.94. The van der Waals surface area contributed by atoms with Gasteiger partial charge in [0.2, 0.25) is 0 Å². The summed E-state index contributed by atoms with van der Waals surface area (Å²) in [6, 6.07) is 8.49. The van der Waals surface area contributed by atoms with Crippen molar-refractivity contribution < 1.29 is 17.6 Å². The number of alkyl halides is 3. The maximum atomic E-state index is 13.4. The van der Waals surface area contributed by atoms with Gasteiger partial charge in [-0.1, -0.05) is 17.7 Å². The molecule has 2 aromatic carbocycles. The Morgan fingerprint density at radius 1 is 1.05 bits per heavy atom. The van der Waals surface area contributed by atoms with Gasteiger partial charge in [0.1, 0.15) is 5.82 Å². The van der Waals surface area contributed by atoms with Crippen LogP contribution in [0.4, 0.5) is 23.2 Å². The Hall–Kier alpha value is -2.08. The van der Waals surface area contributed by atoms with Gasteiger partial charge in [0.15, 0.2) is 0 Å². The molecule has 2 nitrogen and oxygen atoms in total. The van der Waals surface area contributed by atoms with E-state index in [0.29, 0.717) is 5.69 Å². The Kier molecular flexibility index (Phi) is 4.47. The first-order valence-electron chi connectivity index (χ1n) is 5.78. The van der Waals surface area contributed by atoms with Crippen molar-refractivity contribution >= 4 is 23.5 Å². The summed E-state index contributed by atoms with van der Waals surface area (Å²) in [6.07, 6.45) is -3.22. The smallest absolute Gasteiger partial charge is 0.279 e. The Morgan fingerprint density at radius 2 is 1.71 bits per heavy atom. The maximum absolute atomic E-state index is 13.4. The first-order chi connectivity index (χ1) is 9.88. The maximum Gasteiger partial charge on any atom is 0.416 e. The van der Waals surface area contributed by atoms with Crippen molar-refractivity contribution in [1.82, 2.24) is 0 Å². The van der Waals surface area contributed by atoms with Gasteiger partial charge in [0.25, 0.3) is 0 Å². The van der Waals surface area contributed by atoms with Crippen molar-refractivity contribution in [3.05, 3.63) is 64.4 Å². The molecular formula is C14H9ClF4N2. The summed E-state index contributed by atoms with van der Waals surface area (Å²) in [4.78, 5) is 0. The summed E-state index contributed by atoms with van der Waals surface area (Å²) in [5.41, 5.74) is 2.18. The van der Waals surface area contributed by atoms with E-state index < -0.39 is 17.6 Å². The van der Waals surface area contributed by atoms with Gasteiger partial charge in [-0.15, -0.1) is 0 Å². The number of hydrazone groups is 1. The van der Waals surface area contributed by atoms with Gasteiger partial charge in [0.05, 0.1) is 22.5 Å². The number of hydrogen-bond acceptors (Lipinski definition) is 2. The fourth-order valence-corrected chi connectivity index (χ4v) is 1.75. The Bertz CT molecular complexity index is 631. The van der Waals surface area contributed by atoms with Gasteiger partial charge in [-0.05, 0) is 36.4 Å². The topological polar surface area (TPSA) is 24.4 Å². The first-order valence-corrected chi connectivity index (χ1v) is 6.16. The van der Waals surface area contributed by atoms with Crippen LogP contribution in [0.1, 0.15) is 11.1 Å². The fraction of sp³-hybridized carbons (Fsp3) is 0.0714. The highest BCUT2D eigenvalue weighted by atomic mass is 35.5. The Balaban J connectivity index is 2.08. The zero-order valence-corrected chi connectivity index (χ0v) is 11.2. The average molecular weight is 317 g/mol. The summed E-state index contributed by atoms with van der Waals surface area (Å²) in [6.45, 7) is 0. The van der Waals surface area contributed by atoms with Gasteiger partial charge in [-0.2, -0.15) is 18.3 Å². The molecule has 0 aromatic heterocycles. The molecule has 0 saturated carbocycles. The van der Waals surface area contributed by atoms with Gasteiger partial charge in [0, 0.05) is 5.56 Å². The van der Waals surface area contributed by atoms with Crippen molar-refractivity contribution in [3.8, 4) is 0 Å². The van der Waals surface area contributed by atoms with Crippen molar-refractivity contribution in [3.63, 3.8) is 0 Å². The lowest BCUT2D eigenvalue weighted by molar-refractivity contribution is -0.137. The molecule has 0 heterocycles. The summed E-state index contributed by atoms with van der Waals surface area (Å²) in [5.74, 6) is -0.541. The second kappa shape index (κ2) is 6.13. The van der Waals surface area contributed by atoms with Crippen LogP contribution >= 0.6 is 11.6 Å². The van der Waals surface area contributed by atoms with Crippen LogP contribution in [0, 0.1) is 5.82 Å². The van der Waals surface area contributed by atoms with Crippen molar-refractivity contribution in [2.45, 2.75) is 6.18 Å². The van der Waals surface area contributed by atoms with Crippen molar-refractivity contribution in [2.24, 2.45) is 5.10 Å². The minimum Gasteiger partial charge on any atom is -0.279 e. The first kappa shape index (κ1) is 15.3. The van der Waals surface area contributed by atoms with E-state index in [1.165, 1.54) is 30.3 Å². The summed E-state index contributed by atoms with van der Waals surface area (Å²) in [7, 11) is 0. The van der Waals surface area contributed by atoms with Gasteiger partial charge in [-0.3, -0.25) is 5.43 Å². The molecule has 0 spiro atoms. The monoisotopic (exact) mass is 316 g/mol. The molecule has 2 rings (SSSR count). The molecule has 0 unspecified atom stereocenters. The van der Waals surface area contributed by atoms with Gasteiger partial charge >= 0.3 is 6.18 Å². The molecular weight excluding hydrogens is 308 g/mol. The van der Waals surface area contributed by atoms with E-state index >= 15 is 0 Å². The quantitative estimate of drug-likeness (QED) is 0.484. The molecule has 0 aliphatic heterocycles. The molecule has 7 heteroatoms. The SMILES string of the molecule is Fc1cccc(Cl)c1/C=N/Nc1ccc(C(F)(F)F)cc1. The van der Waals surface area contributed by atoms with Crippen molar-refractivity contribution in [2.75, 3.05) is 5.43 Å². The van der Waals surface area contributed by atoms with E-state index in [2.05, 4.69) is 10.5 Å². The van der Waals surface area contributed by atoms with Crippen LogP contribution in [0.25, 0.3) is 0 Å². The van der Waals surface area contributed by atoms with Gasteiger partial charge in [-0.25, -0.2) is 4.39 Å². The molecule has 1 N–H and O–H groups in total. The van der Waals surface area contributed by atoms with E-state index in [1.807, 2.05) is 0 Å². The molecule has 0 aliphatic carbocycles. The van der Waals surface area contributed by atoms with E-state index in [9.17, 15) is 17.6 Å². The van der Waals surface area contributed by atoms with E-state index in [4.69, 9.17) is 11.6 Å². The number of hydrogen-bond donors (Lipinski definition) is 1. The normalized spacial score (nSPS) is 11.9. The van der Waals surface area contributed by atoms with Crippen LogP contribution in [-0.4, -0.2) is 6.21 Å². The number of halogens is 5. The third-order valence-electron chi connectivity index (χ3n) is 2.60. The standard InChI is InChI=1S/C14H9ClF4N2/c15-12-2-1-3-13(16)11(12)8-20-21-10-6-4-9(5-7-10)14(17,18)19/h1-8,21H/b20-8+. The lowest BCUT2D eigenvalue weighted by atomic mass is 10.2. The number of anilines is 1. The molecule has 0 saturated heterocycles. The molecule has 0 amide bonds. The predicted molar refractivity (Wildman–Crippen MR) is 74.1 cm³/mol. The highest BCUT2D eigenvalue weighted by Gasteiger charge is 2.29. The van der Waals surface area contributed by atoms with Crippen LogP contribution in [0.2, 0.25) is 5.02 Å². The highest BCUT2D eigenvalue weighted by molar-refractivity contribution is 6.33. The van der Waals surface area contributed by atoms with Crippen LogP contribution in [0.5, 0.6) is 0 Å². The van der Waals surface area contributed by atoms with Gasteiger partial charge < -0.3 is 0 Å². The second-order valence-corrected chi connectivity index (χ2v) is 4.49. The molecule has 0 radical (unpaired) electrons. The molecule has 21 heavy (non-hydrogen) atoms. The highest BCUT2D eigenvalue weighted by Crippen LogP contribution is 2.29. The average Bonchev–Trinajstić information content (AvgIpc) is 2.42. The minimum absolute atomic E-state index is 0.0959. The zero-order chi connectivity index (χ0) is 15.5. The molecule has 110 valence electrons. The van der Waals surface area contributed by atoms with Crippen LogP contribution in [-0.2, 0) is 6.18 Å². The fourth-order valence-electron chi connectivity index (χ4n) is 1.54. The summed E-state index contributed by atoms with van der Waals surface area (Å²) >= 11 is 5.80. The largest absolute Gasteiger partial charge is 0.416 e. The number of nitrogens with zero attached hydrogens (tertiary/aromatic N) is 1. The Morgan fingerprint density at radius 3 is 2.29 bits per heavy atom. The third-order valence-corrected chi connectivity index (χ3v) is 2.93. The Labute approximate surface area is 123 Å². The second-order valence-electron chi connectivity index (χ2n) is 4.08. The van der Waals surface area contributed by atoms with E-state index in [1.54, 1.807) is 0 Å². The lowest BCUT2D eigenvalue weighted by Crippen LogP contribution is -2.04. The van der Waals surface area contributed by atoms with E-state index in [0.717, 1.165) is 18.3 Å². The molecule has 0 aliphatic rings. The molecule has 0 atom stereocenters. The summed E-state index contributed by atoms with van der Waals surface area (Å²) < 4.78 is 50.6. The number of rotatable bonds is 3. The molecule has 0 bridgehead atoms. The minimum atomic E-state index is -4.39. The van der Waals surface area contributed by atoms with Crippen LogP contribution in [0.15, 0.2) is 47.6 Å².